The Labute approximate surface area is 129 Å². The maximum Gasteiger partial charge on any atom is 0.309 e. The Hall–Kier alpha value is -0.530. The molecule has 0 heterocycles. The van der Waals surface area contributed by atoms with Gasteiger partial charge in [-0.15, -0.1) is 0 Å². The predicted octanol–water partition coefficient (Wildman–Crippen LogP) is 4.28. The second kappa shape index (κ2) is 4.49. The molecule has 4 bridgehead atoms. The second-order valence-corrected chi connectivity index (χ2v) is 9.06. The maximum atomic E-state index is 12.6. The highest BCUT2D eigenvalue weighted by Crippen LogP contribution is 2.70. The molecule has 2 nitrogen and oxygen atoms in total. The second-order valence-electron chi connectivity index (χ2n) is 9.06. The highest BCUT2D eigenvalue weighted by molar-refractivity contribution is 5.74. The number of ether oxygens (including phenoxy) is 1. The van der Waals surface area contributed by atoms with Crippen LogP contribution in [0.25, 0.3) is 0 Å². The first-order chi connectivity index (χ1) is 9.91. The summed E-state index contributed by atoms with van der Waals surface area (Å²) < 4.78 is 5.83. The lowest BCUT2D eigenvalue weighted by Crippen LogP contribution is -2.40. The van der Waals surface area contributed by atoms with Gasteiger partial charge in [-0.2, -0.15) is 0 Å². The van der Waals surface area contributed by atoms with Crippen LogP contribution in [-0.2, 0) is 9.53 Å². The number of hydrogen-bond donors (Lipinski definition) is 0. The third-order valence-electron chi connectivity index (χ3n) is 7.68. The summed E-state index contributed by atoms with van der Waals surface area (Å²) in [6.45, 7) is 8.64. The molecule has 0 aliphatic heterocycles. The van der Waals surface area contributed by atoms with Crippen molar-refractivity contribution < 1.29 is 9.53 Å². The van der Waals surface area contributed by atoms with Gasteiger partial charge in [0.1, 0.15) is 5.60 Å². The molecule has 0 spiro atoms. The lowest BCUT2D eigenvalue weighted by Gasteiger charge is -2.40. The van der Waals surface area contributed by atoms with Crippen LogP contribution in [-0.4, -0.2) is 11.6 Å². The van der Waals surface area contributed by atoms with E-state index in [0.717, 1.165) is 48.3 Å². The van der Waals surface area contributed by atoms with Gasteiger partial charge in [-0.3, -0.25) is 4.79 Å². The van der Waals surface area contributed by atoms with Crippen molar-refractivity contribution in [2.45, 2.75) is 65.4 Å². The number of esters is 1. The summed E-state index contributed by atoms with van der Waals surface area (Å²) in [5.74, 6) is 6.51. The molecular formula is C19H30O2. The van der Waals surface area contributed by atoms with Crippen molar-refractivity contribution >= 4 is 5.97 Å². The van der Waals surface area contributed by atoms with Crippen LogP contribution in [0, 0.1) is 47.3 Å². The molecule has 4 aliphatic rings. The van der Waals surface area contributed by atoms with E-state index < -0.39 is 0 Å². The van der Waals surface area contributed by atoms with E-state index in [1.54, 1.807) is 0 Å². The maximum absolute atomic E-state index is 12.6. The molecule has 0 aromatic carbocycles. The summed E-state index contributed by atoms with van der Waals surface area (Å²) in [6, 6.07) is 0. The van der Waals surface area contributed by atoms with Crippen LogP contribution < -0.4 is 0 Å². The first-order valence-corrected chi connectivity index (χ1v) is 9.14. The molecule has 8 atom stereocenters. The van der Waals surface area contributed by atoms with Gasteiger partial charge in [-0.1, -0.05) is 13.8 Å². The fourth-order valence-corrected chi connectivity index (χ4v) is 6.62. The zero-order valence-corrected chi connectivity index (χ0v) is 14.0. The average Bonchev–Trinajstić information content (AvgIpc) is 3.14. The first kappa shape index (κ1) is 14.1. The largest absolute Gasteiger partial charge is 0.459 e. The van der Waals surface area contributed by atoms with Crippen LogP contribution in [0.3, 0.4) is 0 Å². The summed E-state index contributed by atoms with van der Waals surface area (Å²) >= 11 is 0. The van der Waals surface area contributed by atoms with E-state index in [1.807, 2.05) is 13.8 Å². The van der Waals surface area contributed by atoms with Crippen LogP contribution in [0.1, 0.15) is 59.8 Å². The summed E-state index contributed by atoms with van der Waals surface area (Å²) in [6.07, 6.45) is 6.23. The minimum Gasteiger partial charge on any atom is -0.459 e. The Kier molecular flexibility index (Phi) is 3.01. The highest BCUT2D eigenvalue weighted by atomic mass is 16.6. The van der Waals surface area contributed by atoms with E-state index in [2.05, 4.69) is 13.8 Å². The molecule has 0 aromatic rings. The molecule has 4 rings (SSSR count). The molecule has 2 heteroatoms. The van der Waals surface area contributed by atoms with Crippen LogP contribution >= 0.6 is 0 Å². The quantitative estimate of drug-likeness (QED) is 0.573. The monoisotopic (exact) mass is 290 g/mol. The molecule has 8 unspecified atom stereocenters. The molecule has 0 saturated heterocycles. The zero-order chi connectivity index (χ0) is 14.9. The predicted molar refractivity (Wildman–Crippen MR) is 82.5 cm³/mol. The molecule has 0 N–H and O–H groups in total. The highest BCUT2D eigenvalue weighted by Gasteiger charge is 2.65. The van der Waals surface area contributed by atoms with Gasteiger partial charge in [0.25, 0.3) is 0 Å². The topological polar surface area (TPSA) is 26.3 Å². The number of carbonyl (C=O) groups excluding carboxylic acids is 1. The van der Waals surface area contributed by atoms with Gasteiger partial charge in [-0.05, 0) is 87.4 Å². The number of fused-ring (bicyclic) bond motifs is 9. The van der Waals surface area contributed by atoms with Gasteiger partial charge in [0.05, 0.1) is 5.92 Å². The summed E-state index contributed by atoms with van der Waals surface area (Å²) in [5.41, 5.74) is -0.290. The Morgan fingerprint density at radius 1 is 1.05 bits per heavy atom. The molecule has 4 aliphatic carbocycles. The van der Waals surface area contributed by atoms with E-state index in [9.17, 15) is 4.79 Å². The molecular weight excluding hydrogens is 260 g/mol. The Bertz CT molecular complexity index is 454. The lowest BCUT2D eigenvalue weighted by molar-refractivity contribution is -0.165. The van der Waals surface area contributed by atoms with Crippen molar-refractivity contribution in [1.29, 1.82) is 0 Å². The van der Waals surface area contributed by atoms with Gasteiger partial charge in [0.15, 0.2) is 0 Å². The van der Waals surface area contributed by atoms with Crippen molar-refractivity contribution in [3.8, 4) is 0 Å². The number of hydrogen-bond acceptors (Lipinski definition) is 2. The zero-order valence-electron chi connectivity index (χ0n) is 14.0. The molecule has 118 valence electrons. The van der Waals surface area contributed by atoms with Gasteiger partial charge < -0.3 is 4.74 Å². The SMILES string of the molecule is CCC(C)(C)OC(=O)C1CC2CC1C1C3CC(C)C(C3)C21. The van der Waals surface area contributed by atoms with Gasteiger partial charge in [0.2, 0.25) is 0 Å². The fourth-order valence-electron chi connectivity index (χ4n) is 6.62. The van der Waals surface area contributed by atoms with Crippen molar-refractivity contribution in [2.75, 3.05) is 0 Å². The third kappa shape index (κ3) is 1.93. The van der Waals surface area contributed by atoms with E-state index in [1.165, 1.54) is 19.3 Å². The van der Waals surface area contributed by atoms with Crippen molar-refractivity contribution in [2.24, 2.45) is 47.3 Å². The van der Waals surface area contributed by atoms with Crippen molar-refractivity contribution in [1.82, 2.24) is 0 Å². The minimum absolute atomic E-state index is 0.114. The van der Waals surface area contributed by atoms with Crippen molar-refractivity contribution in [3.63, 3.8) is 0 Å². The van der Waals surface area contributed by atoms with Crippen LogP contribution in [0.4, 0.5) is 0 Å². The number of rotatable bonds is 3. The lowest BCUT2D eigenvalue weighted by atomic mass is 9.65. The Balaban J connectivity index is 1.49. The van der Waals surface area contributed by atoms with Crippen LogP contribution in [0.15, 0.2) is 0 Å². The van der Waals surface area contributed by atoms with Crippen LogP contribution in [0.2, 0.25) is 0 Å². The molecule has 4 fully saturated rings. The first-order valence-electron chi connectivity index (χ1n) is 9.14. The summed E-state index contributed by atoms with van der Waals surface area (Å²) in [5, 5.41) is 0. The summed E-state index contributed by atoms with van der Waals surface area (Å²) in [4.78, 5) is 12.6. The minimum atomic E-state index is -0.290. The normalized spacial score (nSPS) is 50.5. The fraction of sp³-hybridized carbons (Fsp3) is 0.947. The molecule has 4 saturated carbocycles. The molecule has 0 amide bonds. The van der Waals surface area contributed by atoms with Crippen molar-refractivity contribution in [3.05, 3.63) is 0 Å². The van der Waals surface area contributed by atoms with E-state index in [4.69, 9.17) is 4.74 Å². The van der Waals surface area contributed by atoms with E-state index in [-0.39, 0.29) is 17.5 Å². The van der Waals surface area contributed by atoms with Gasteiger partial charge >= 0.3 is 5.97 Å². The van der Waals surface area contributed by atoms with Crippen LogP contribution in [0.5, 0.6) is 0 Å². The van der Waals surface area contributed by atoms with E-state index >= 15 is 0 Å². The van der Waals surface area contributed by atoms with Gasteiger partial charge in [0, 0.05) is 0 Å². The Morgan fingerprint density at radius 2 is 1.67 bits per heavy atom. The molecule has 0 aromatic heterocycles. The molecule has 0 radical (unpaired) electrons. The summed E-state index contributed by atoms with van der Waals surface area (Å²) in [7, 11) is 0. The molecule has 21 heavy (non-hydrogen) atoms. The average molecular weight is 290 g/mol. The van der Waals surface area contributed by atoms with E-state index in [0.29, 0.717) is 5.92 Å². The Morgan fingerprint density at radius 3 is 2.38 bits per heavy atom. The van der Waals surface area contributed by atoms with Gasteiger partial charge in [-0.25, -0.2) is 0 Å². The smallest absolute Gasteiger partial charge is 0.309 e. The third-order valence-corrected chi connectivity index (χ3v) is 7.68. The number of carbonyl (C=O) groups is 1. The standard InChI is InChI=1S/C19H30O2/c1-5-19(3,4)21-18(20)15-9-12-8-14(15)17-11-6-10(2)13(7-11)16(12)17/h10-17H,5-9H2,1-4H3.